The number of phenolic OH excluding ortho intramolecular Hbond substituents is 1. The van der Waals surface area contributed by atoms with Gasteiger partial charge in [-0.3, -0.25) is 10.1 Å². The zero-order valence-electron chi connectivity index (χ0n) is 8.94. The van der Waals surface area contributed by atoms with Gasteiger partial charge < -0.3 is 15.3 Å². The molecular formula is C10H13NO5S. The Hall–Kier alpha value is -1.31. The summed E-state index contributed by atoms with van der Waals surface area (Å²) in [4.78, 5) is 10.0. The highest BCUT2D eigenvalue weighted by atomic mass is 32.2. The number of nitrogens with zero attached hydrogens (tertiary/aromatic N) is 1. The van der Waals surface area contributed by atoms with Crippen molar-refractivity contribution >= 4 is 17.4 Å². The number of rotatable bonds is 6. The quantitative estimate of drug-likeness (QED) is 0.517. The van der Waals surface area contributed by atoms with E-state index in [9.17, 15) is 15.2 Å². The lowest BCUT2D eigenvalue weighted by Gasteiger charge is -2.07. The number of hydrogen-bond acceptors (Lipinski definition) is 6. The summed E-state index contributed by atoms with van der Waals surface area (Å²) in [6.45, 7) is -0.325. The fourth-order valence-corrected chi connectivity index (χ4v) is 2.11. The molecule has 0 aliphatic carbocycles. The van der Waals surface area contributed by atoms with E-state index in [2.05, 4.69) is 0 Å². The molecule has 0 radical (unpaired) electrons. The van der Waals surface area contributed by atoms with Gasteiger partial charge in [0.2, 0.25) is 0 Å². The van der Waals surface area contributed by atoms with E-state index < -0.39 is 11.0 Å². The number of non-ortho nitro benzene ring substituents is 1. The van der Waals surface area contributed by atoms with Gasteiger partial charge in [0.1, 0.15) is 5.75 Å². The van der Waals surface area contributed by atoms with Gasteiger partial charge in [0, 0.05) is 29.2 Å². The van der Waals surface area contributed by atoms with Crippen LogP contribution in [0.4, 0.5) is 5.69 Å². The normalized spacial score (nSPS) is 12.4. The van der Waals surface area contributed by atoms with Crippen LogP contribution in [0.15, 0.2) is 18.2 Å². The highest BCUT2D eigenvalue weighted by molar-refractivity contribution is 7.98. The highest BCUT2D eigenvalue weighted by Gasteiger charge is 2.11. The molecule has 0 aliphatic rings. The Labute approximate surface area is 102 Å². The predicted molar refractivity (Wildman–Crippen MR) is 64.0 cm³/mol. The number of phenols is 1. The molecule has 0 fully saturated rings. The average molecular weight is 259 g/mol. The molecule has 1 aromatic rings. The maximum Gasteiger partial charge on any atom is 0.270 e. The number of nitro benzene ring substituents is 1. The highest BCUT2D eigenvalue weighted by Crippen LogP contribution is 2.26. The minimum absolute atomic E-state index is 0.0124. The molecule has 1 aromatic carbocycles. The Bertz CT molecular complexity index is 398. The van der Waals surface area contributed by atoms with Gasteiger partial charge in [-0.1, -0.05) is 0 Å². The van der Waals surface area contributed by atoms with E-state index in [1.54, 1.807) is 0 Å². The van der Waals surface area contributed by atoms with Gasteiger partial charge in [-0.05, 0) is 6.07 Å². The summed E-state index contributed by atoms with van der Waals surface area (Å²) in [5.41, 5.74) is 0.357. The lowest BCUT2D eigenvalue weighted by molar-refractivity contribution is -0.384. The summed E-state index contributed by atoms with van der Waals surface area (Å²) in [6, 6.07) is 3.80. The molecule has 7 heteroatoms. The summed E-state index contributed by atoms with van der Waals surface area (Å²) in [5, 5.41) is 37.7. The molecule has 0 saturated heterocycles. The third-order valence-electron chi connectivity index (χ3n) is 2.05. The van der Waals surface area contributed by atoms with Gasteiger partial charge in [-0.2, -0.15) is 11.8 Å². The lowest BCUT2D eigenvalue weighted by atomic mass is 10.2. The molecule has 6 nitrogen and oxygen atoms in total. The Morgan fingerprint density at radius 1 is 1.47 bits per heavy atom. The molecule has 94 valence electrons. The summed E-state index contributed by atoms with van der Waals surface area (Å²) in [6.07, 6.45) is -0.819. The second-order valence-electron chi connectivity index (χ2n) is 3.42. The van der Waals surface area contributed by atoms with Crippen LogP contribution in [0.1, 0.15) is 5.56 Å². The summed E-state index contributed by atoms with van der Waals surface area (Å²) in [7, 11) is 0. The molecule has 0 spiro atoms. The Balaban J connectivity index is 2.63. The average Bonchev–Trinajstić information content (AvgIpc) is 2.30. The second kappa shape index (κ2) is 6.43. The molecule has 0 aliphatic heterocycles. The second-order valence-corrected chi connectivity index (χ2v) is 4.45. The molecule has 17 heavy (non-hydrogen) atoms. The van der Waals surface area contributed by atoms with Crippen molar-refractivity contribution in [3.63, 3.8) is 0 Å². The van der Waals surface area contributed by atoms with Crippen molar-refractivity contribution < 1.29 is 20.2 Å². The Morgan fingerprint density at radius 3 is 2.76 bits per heavy atom. The van der Waals surface area contributed by atoms with Gasteiger partial charge in [0.05, 0.1) is 17.6 Å². The molecule has 0 bridgehead atoms. The molecule has 1 rings (SSSR count). The maximum atomic E-state index is 10.5. The molecule has 0 saturated carbocycles. The molecule has 0 aromatic heterocycles. The number of thioether (sulfide) groups is 1. The largest absolute Gasteiger partial charge is 0.508 e. The van der Waals surface area contributed by atoms with Gasteiger partial charge in [-0.25, -0.2) is 0 Å². The van der Waals surface area contributed by atoms with Crippen molar-refractivity contribution in [2.24, 2.45) is 0 Å². The van der Waals surface area contributed by atoms with Crippen molar-refractivity contribution in [1.29, 1.82) is 0 Å². The molecule has 1 unspecified atom stereocenters. The van der Waals surface area contributed by atoms with Crippen molar-refractivity contribution in [3.8, 4) is 5.75 Å². The van der Waals surface area contributed by atoms with Crippen molar-refractivity contribution in [3.05, 3.63) is 33.9 Å². The first-order valence-corrected chi connectivity index (χ1v) is 6.03. The van der Waals surface area contributed by atoms with E-state index in [0.717, 1.165) is 0 Å². The smallest absolute Gasteiger partial charge is 0.270 e. The summed E-state index contributed by atoms with van der Waals surface area (Å²) < 4.78 is 0. The number of hydrogen-bond donors (Lipinski definition) is 3. The number of nitro groups is 1. The number of benzene rings is 1. The van der Waals surface area contributed by atoms with Crippen LogP contribution in [0.2, 0.25) is 0 Å². The SMILES string of the molecule is O=[N+]([O-])c1ccc(O)c(CSCC(O)CO)c1. The van der Waals surface area contributed by atoms with E-state index in [1.165, 1.54) is 30.0 Å². The lowest BCUT2D eigenvalue weighted by Crippen LogP contribution is -2.14. The van der Waals surface area contributed by atoms with Crippen molar-refractivity contribution in [1.82, 2.24) is 0 Å². The third kappa shape index (κ3) is 4.22. The minimum atomic E-state index is -0.819. The van der Waals surface area contributed by atoms with Gasteiger partial charge >= 0.3 is 0 Å². The minimum Gasteiger partial charge on any atom is -0.508 e. The summed E-state index contributed by atoms with van der Waals surface area (Å²) >= 11 is 1.28. The Morgan fingerprint density at radius 2 is 2.18 bits per heavy atom. The number of aromatic hydroxyl groups is 1. The van der Waals surface area contributed by atoms with E-state index in [0.29, 0.717) is 17.1 Å². The number of aliphatic hydroxyl groups excluding tert-OH is 2. The van der Waals surface area contributed by atoms with Crippen LogP contribution in [-0.4, -0.2) is 38.7 Å². The fraction of sp³-hybridized carbons (Fsp3) is 0.400. The summed E-state index contributed by atoms with van der Waals surface area (Å²) in [5.74, 6) is 0.630. The third-order valence-corrected chi connectivity index (χ3v) is 3.19. The van der Waals surface area contributed by atoms with Crippen LogP contribution >= 0.6 is 11.8 Å². The zero-order chi connectivity index (χ0) is 12.8. The van der Waals surface area contributed by atoms with E-state index in [1.807, 2.05) is 0 Å². The standard InChI is InChI=1S/C10H13NO5S/c12-4-9(13)6-17-5-7-3-8(11(15)16)1-2-10(7)14/h1-3,9,12-14H,4-6H2. The first kappa shape index (κ1) is 13.8. The van der Waals surface area contributed by atoms with Crippen LogP contribution in [-0.2, 0) is 5.75 Å². The van der Waals surface area contributed by atoms with Gasteiger partial charge in [-0.15, -0.1) is 0 Å². The first-order valence-electron chi connectivity index (χ1n) is 4.87. The predicted octanol–water partition coefficient (Wildman–Crippen LogP) is 0.887. The molecule has 1 atom stereocenters. The maximum absolute atomic E-state index is 10.5. The van der Waals surface area contributed by atoms with Crippen LogP contribution in [0.3, 0.4) is 0 Å². The molecular weight excluding hydrogens is 246 g/mol. The molecule has 0 amide bonds. The first-order chi connectivity index (χ1) is 8.04. The van der Waals surface area contributed by atoms with Crippen LogP contribution in [0.25, 0.3) is 0 Å². The van der Waals surface area contributed by atoms with Crippen LogP contribution in [0.5, 0.6) is 5.75 Å². The van der Waals surface area contributed by atoms with E-state index >= 15 is 0 Å². The fourth-order valence-electron chi connectivity index (χ4n) is 1.16. The van der Waals surface area contributed by atoms with Crippen LogP contribution < -0.4 is 0 Å². The topological polar surface area (TPSA) is 104 Å². The van der Waals surface area contributed by atoms with E-state index in [4.69, 9.17) is 10.2 Å². The van der Waals surface area contributed by atoms with Gasteiger partial charge in [0.15, 0.2) is 0 Å². The molecule has 3 N–H and O–H groups in total. The Kier molecular flexibility index (Phi) is 5.20. The molecule has 0 heterocycles. The van der Waals surface area contributed by atoms with Crippen LogP contribution in [0, 0.1) is 10.1 Å². The zero-order valence-corrected chi connectivity index (χ0v) is 9.76. The van der Waals surface area contributed by atoms with E-state index in [-0.39, 0.29) is 18.0 Å². The van der Waals surface area contributed by atoms with Gasteiger partial charge in [0.25, 0.3) is 5.69 Å². The monoisotopic (exact) mass is 259 g/mol. The number of aliphatic hydroxyl groups is 2. The van der Waals surface area contributed by atoms with Crippen molar-refractivity contribution in [2.45, 2.75) is 11.9 Å². The van der Waals surface area contributed by atoms with Crippen molar-refractivity contribution in [2.75, 3.05) is 12.4 Å².